The molecule has 1 fully saturated rings. The van der Waals surface area contributed by atoms with E-state index in [2.05, 4.69) is 18.2 Å². The summed E-state index contributed by atoms with van der Waals surface area (Å²) in [5.74, 6) is -0.130. The maximum absolute atomic E-state index is 11.8. The highest BCUT2D eigenvalue weighted by Crippen LogP contribution is 2.26. The molecule has 0 saturated carbocycles. The van der Waals surface area contributed by atoms with Gasteiger partial charge in [0.15, 0.2) is 0 Å². The molecule has 0 radical (unpaired) electrons. The van der Waals surface area contributed by atoms with Gasteiger partial charge in [0.05, 0.1) is 0 Å². The summed E-state index contributed by atoms with van der Waals surface area (Å²) in [5.41, 5.74) is 0. The third kappa shape index (κ3) is 3.09. The molecule has 1 aliphatic heterocycles. The molecule has 1 aliphatic rings. The van der Waals surface area contributed by atoms with E-state index < -0.39 is 15.3 Å². The fourth-order valence-electron chi connectivity index (χ4n) is 2.58. The van der Waals surface area contributed by atoms with Gasteiger partial charge < -0.3 is 4.90 Å². The standard InChI is InChI=1S/C14H16N2O3S2/c15-21(18,19)12-8-14(17)16(9-12)6-5-11-7-10-3-1-2-4-13(10)20-11/h1-4,7,12H,5-6,8-9H2,(H2,15,18,19). The van der Waals surface area contributed by atoms with Gasteiger partial charge in [0, 0.05) is 29.1 Å². The van der Waals surface area contributed by atoms with Crippen molar-refractivity contribution >= 4 is 37.4 Å². The van der Waals surface area contributed by atoms with Crippen molar-refractivity contribution in [3.05, 3.63) is 35.2 Å². The van der Waals surface area contributed by atoms with E-state index in [4.69, 9.17) is 5.14 Å². The Bertz CT molecular complexity index is 749. The molecule has 21 heavy (non-hydrogen) atoms. The number of rotatable bonds is 4. The van der Waals surface area contributed by atoms with Gasteiger partial charge in [-0.2, -0.15) is 0 Å². The quantitative estimate of drug-likeness (QED) is 0.921. The Morgan fingerprint density at radius 1 is 1.33 bits per heavy atom. The number of amides is 1. The Balaban J connectivity index is 1.66. The fraction of sp³-hybridized carbons (Fsp3) is 0.357. The minimum atomic E-state index is -3.63. The lowest BCUT2D eigenvalue weighted by molar-refractivity contribution is -0.127. The lowest BCUT2D eigenvalue weighted by atomic mass is 10.2. The van der Waals surface area contributed by atoms with E-state index in [0.717, 1.165) is 6.42 Å². The minimum Gasteiger partial charge on any atom is -0.341 e. The van der Waals surface area contributed by atoms with Gasteiger partial charge in [0.25, 0.3) is 0 Å². The molecule has 7 heteroatoms. The number of sulfonamides is 1. The van der Waals surface area contributed by atoms with Crippen LogP contribution in [0.2, 0.25) is 0 Å². The molecule has 1 saturated heterocycles. The number of likely N-dealkylation sites (tertiary alicyclic amines) is 1. The van der Waals surface area contributed by atoms with Gasteiger partial charge in [0.1, 0.15) is 5.25 Å². The van der Waals surface area contributed by atoms with Gasteiger partial charge in [-0.05, 0) is 23.9 Å². The second-order valence-corrected chi connectivity index (χ2v) is 8.27. The van der Waals surface area contributed by atoms with E-state index in [1.165, 1.54) is 15.0 Å². The topological polar surface area (TPSA) is 80.5 Å². The van der Waals surface area contributed by atoms with E-state index in [9.17, 15) is 13.2 Å². The van der Waals surface area contributed by atoms with Gasteiger partial charge in [-0.15, -0.1) is 11.3 Å². The Morgan fingerprint density at radius 2 is 2.10 bits per heavy atom. The van der Waals surface area contributed by atoms with Gasteiger partial charge in [-0.1, -0.05) is 18.2 Å². The summed E-state index contributed by atoms with van der Waals surface area (Å²) in [7, 11) is -3.63. The van der Waals surface area contributed by atoms with Crippen molar-refractivity contribution < 1.29 is 13.2 Å². The van der Waals surface area contributed by atoms with Crippen LogP contribution in [-0.2, 0) is 21.2 Å². The summed E-state index contributed by atoms with van der Waals surface area (Å²) >= 11 is 1.71. The molecule has 112 valence electrons. The van der Waals surface area contributed by atoms with Crippen LogP contribution in [0.4, 0.5) is 0 Å². The van der Waals surface area contributed by atoms with Gasteiger partial charge in [0.2, 0.25) is 15.9 Å². The molecule has 1 amide bonds. The number of thiophene rings is 1. The molecule has 0 bridgehead atoms. The van der Waals surface area contributed by atoms with Crippen LogP contribution in [0.25, 0.3) is 10.1 Å². The van der Waals surface area contributed by atoms with Crippen LogP contribution in [0.3, 0.4) is 0 Å². The van der Waals surface area contributed by atoms with Crippen LogP contribution in [0.15, 0.2) is 30.3 Å². The van der Waals surface area contributed by atoms with Crippen LogP contribution in [0.5, 0.6) is 0 Å². The number of carbonyl (C=O) groups excluding carboxylic acids is 1. The van der Waals surface area contributed by atoms with Crippen molar-refractivity contribution in [1.29, 1.82) is 0 Å². The number of nitrogens with zero attached hydrogens (tertiary/aromatic N) is 1. The van der Waals surface area contributed by atoms with Crippen LogP contribution in [0.1, 0.15) is 11.3 Å². The van der Waals surface area contributed by atoms with E-state index in [1.807, 2.05) is 12.1 Å². The summed E-state index contributed by atoms with van der Waals surface area (Å²) in [4.78, 5) is 14.6. The third-order valence-electron chi connectivity index (χ3n) is 3.75. The van der Waals surface area contributed by atoms with Crippen molar-refractivity contribution in [2.75, 3.05) is 13.1 Å². The second kappa shape index (κ2) is 5.40. The summed E-state index contributed by atoms with van der Waals surface area (Å²) in [5, 5.41) is 5.56. The van der Waals surface area contributed by atoms with Crippen molar-refractivity contribution in [2.24, 2.45) is 5.14 Å². The highest BCUT2D eigenvalue weighted by atomic mass is 32.2. The molecule has 3 rings (SSSR count). The zero-order valence-electron chi connectivity index (χ0n) is 11.4. The lowest BCUT2D eigenvalue weighted by Crippen LogP contribution is -2.33. The first-order chi connectivity index (χ1) is 9.93. The lowest BCUT2D eigenvalue weighted by Gasteiger charge is -2.15. The molecule has 2 N–H and O–H groups in total. The molecule has 0 spiro atoms. The maximum Gasteiger partial charge on any atom is 0.224 e. The number of hydrogen-bond donors (Lipinski definition) is 1. The SMILES string of the molecule is NS(=O)(=O)C1CC(=O)N(CCc2cc3ccccc3s2)C1. The smallest absolute Gasteiger partial charge is 0.224 e. The van der Waals surface area contributed by atoms with Gasteiger partial charge in [-0.25, -0.2) is 13.6 Å². The van der Waals surface area contributed by atoms with Gasteiger partial charge >= 0.3 is 0 Å². The van der Waals surface area contributed by atoms with Crippen molar-refractivity contribution in [3.63, 3.8) is 0 Å². The number of nitrogens with two attached hydrogens (primary N) is 1. The first-order valence-electron chi connectivity index (χ1n) is 6.70. The Labute approximate surface area is 127 Å². The first-order valence-corrected chi connectivity index (χ1v) is 9.13. The van der Waals surface area contributed by atoms with Crippen LogP contribution in [-0.4, -0.2) is 37.6 Å². The van der Waals surface area contributed by atoms with Crippen LogP contribution in [0, 0.1) is 0 Å². The Morgan fingerprint density at radius 3 is 2.76 bits per heavy atom. The highest BCUT2D eigenvalue weighted by Gasteiger charge is 2.36. The predicted molar refractivity (Wildman–Crippen MR) is 83.6 cm³/mol. The predicted octanol–water partition coefficient (Wildman–Crippen LogP) is 1.33. The van der Waals surface area contributed by atoms with Crippen molar-refractivity contribution in [1.82, 2.24) is 4.90 Å². The zero-order chi connectivity index (χ0) is 15.0. The van der Waals surface area contributed by atoms with E-state index in [1.54, 1.807) is 16.2 Å². The zero-order valence-corrected chi connectivity index (χ0v) is 13.0. The molecule has 2 aromatic rings. The maximum atomic E-state index is 11.8. The monoisotopic (exact) mass is 324 g/mol. The van der Waals surface area contributed by atoms with Crippen LogP contribution >= 0.6 is 11.3 Å². The summed E-state index contributed by atoms with van der Waals surface area (Å²) in [6, 6.07) is 10.3. The molecule has 1 aromatic heterocycles. The van der Waals surface area contributed by atoms with E-state index >= 15 is 0 Å². The van der Waals surface area contributed by atoms with Crippen molar-refractivity contribution in [3.8, 4) is 0 Å². The average Bonchev–Trinajstić information content (AvgIpc) is 2.98. The number of fused-ring (bicyclic) bond motifs is 1. The van der Waals surface area contributed by atoms with Gasteiger partial charge in [-0.3, -0.25) is 4.79 Å². The molecular formula is C14H16N2O3S2. The molecule has 0 aliphatic carbocycles. The summed E-state index contributed by atoms with van der Waals surface area (Å²) < 4.78 is 23.9. The number of carbonyl (C=O) groups is 1. The van der Waals surface area contributed by atoms with E-state index in [-0.39, 0.29) is 18.9 Å². The highest BCUT2D eigenvalue weighted by molar-refractivity contribution is 7.89. The first kappa shape index (κ1) is 14.5. The minimum absolute atomic E-state index is 0.00521. The number of primary sulfonamides is 1. The number of hydrogen-bond acceptors (Lipinski definition) is 4. The second-order valence-electron chi connectivity index (χ2n) is 5.26. The summed E-state index contributed by atoms with van der Waals surface area (Å²) in [6.45, 7) is 0.750. The third-order valence-corrected chi connectivity index (χ3v) is 6.17. The molecule has 1 aromatic carbocycles. The Hall–Kier alpha value is -1.44. The fourth-order valence-corrected chi connectivity index (χ4v) is 4.39. The molecule has 5 nitrogen and oxygen atoms in total. The molecule has 2 heterocycles. The molecular weight excluding hydrogens is 308 g/mol. The summed E-state index contributed by atoms with van der Waals surface area (Å²) in [6.07, 6.45) is 0.744. The largest absolute Gasteiger partial charge is 0.341 e. The average molecular weight is 324 g/mol. The van der Waals surface area contributed by atoms with Crippen LogP contribution < -0.4 is 5.14 Å². The van der Waals surface area contributed by atoms with Crippen molar-refractivity contribution in [2.45, 2.75) is 18.1 Å². The molecule has 1 unspecified atom stereocenters. The Kier molecular flexibility index (Phi) is 3.73. The normalized spacial score (nSPS) is 19.6. The molecule has 1 atom stereocenters. The number of benzene rings is 1. The van der Waals surface area contributed by atoms with E-state index in [0.29, 0.717) is 6.54 Å².